The minimum absolute atomic E-state index is 0.239. The fourth-order valence-electron chi connectivity index (χ4n) is 1.01. The van der Waals surface area contributed by atoms with Crippen LogP contribution < -0.4 is 11.5 Å². The lowest BCUT2D eigenvalue weighted by Crippen LogP contribution is -2.21. The molecule has 14 heavy (non-hydrogen) atoms. The van der Waals surface area contributed by atoms with Crippen LogP contribution in [0.2, 0.25) is 0 Å². The van der Waals surface area contributed by atoms with Crippen LogP contribution in [0, 0.1) is 5.82 Å². The summed E-state index contributed by atoms with van der Waals surface area (Å²) < 4.78 is 12.8. The number of hydrogen-bond donors (Lipinski definition) is 4. The molecule has 0 aliphatic heterocycles. The van der Waals surface area contributed by atoms with E-state index in [-0.39, 0.29) is 11.3 Å². The average molecular weight is 200 g/mol. The summed E-state index contributed by atoms with van der Waals surface area (Å²) in [7, 11) is 0. The maximum absolute atomic E-state index is 12.8. The number of carbonyl (C=O) groups is 1. The van der Waals surface area contributed by atoms with Gasteiger partial charge in [-0.05, 0) is 6.07 Å². The average Bonchev–Trinajstić information content (AvgIpc) is 2.09. The number of benzene rings is 1. The molecule has 0 spiro atoms. The summed E-state index contributed by atoms with van der Waals surface area (Å²) in [5, 5.41) is 17.8. The number of carboxylic acids is 1. The summed E-state index contributed by atoms with van der Waals surface area (Å²) >= 11 is 0. The van der Waals surface area contributed by atoms with Crippen LogP contribution >= 0.6 is 0 Å². The number of phenolic OH excluding ortho intramolecular Hbond substituents is 1. The highest BCUT2D eigenvalue weighted by molar-refractivity contribution is 5.77. The number of anilines is 1. The molecule has 0 heterocycles. The van der Waals surface area contributed by atoms with Crippen LogP contribution in [0.3, 0.4) is 0 Å². The fraction of sp³-hybridized carbons (Fsp3) is 0.125. The molecular formula is C8H9FN2O3. The van der Waals surface area contributed by atoms with E-state index in [1.807, 2.05) is 0 Å². The van der Waals surface area contributed by atoms with Crippen LogP contribution in [0.4, 0.5) is 10.1 Å². The molecule has 1 aromatic rings. The predicted octanol–water partition coefficient (Wildman–Crippen LogP) is 0.198. The highest BCUT2D eigenvalue weighted by Gasteiger charge is 2.20. The van der Waals surface area contributed by atoms with Crippen molar-refractivity contribution in [1.82, 2.24) is 0 Å². The van der Waals surface area contributed by atoms with Crippen LogP contribution in [0.5, 0.6) is 5.75 Å². The van der Waals surface area contributed by atoms with E-state index in [1.165, 1.54) is 0 Å². The summed E-state index contributed by atoms with van der Waals surface area (Å²) in [5.74, 6) is -2.61. The van der Waals surface area contributed by atoms with Gasteiger partial charge in [0.1, 0.15) is 17.6 Å². The number of halogens is 1. The minimum atomic E-state index is -1.49. The van der Waals surface area contributed by atoms with Gasteiger partial charge in [0.05, 0.1) is 5.69 Å². The molecule has 6 N–H and O–H groups in total. The van der Waals surface area contributed by atoms with Crippen molar-refractivity contribution < 1.29 is 19.4 Å². The van der Waals surface area contributed by atoms with E-state index < -0.39 is 23.6 Å². The summed E-state index contributed by atoms with van der Waals surface area (Å²) in [6, 6.07) is 0.228. The third-order valence-corrected chi connectivity index (χ3v) is 1.73. The Labute approximate surface area is 78.8 Å². The van der Waals surface area contributed by atoms with Gasteiger partial charge in [0.25, 0.3) is 0 Å². The topological polar surface area (TPSA) is 110 Å². The third kappa shape index (κ3) is 1.74. The molecule has 6 heteroatoms. The molecule has 0 unspecified atom stereocenters. The quantitative estimate of drug-likeness (QED) is 0.402. The molecule has 0 fully saturated rings. The Hall–Kier alpha value is -1.82. The number of nitrogen functional groups attached to an aromatic ring is 1. The number of rotatable bonds is 2. The molecule has 0 radical (unpaired) electrons. The zero-order chi connectivity index (χ0) is 10.9. The number of aromatic hydroxyl groups is 1. The predicted molar refractivity (Wildman–Crippen MR) is 47.0 cm³/mol. The van der Waals surface area contributed by atoms with Crippen LogP contribution in [0.15, 0.2) is 12.1 Å². The number of aliphatic carboxylic acids is 1. The Morgan fingerprint density at radius 1 is 1.50 bits per heavy atom. The first-order valence-electron chi connectivity index (χ1n) is 3.69. The standard InChI is InChI=1S/C8H9FN2O3/c9-3-1-4(6(11)8(13)14)7(12)5(10)2-3/h1-2,6,12H,10-11H2,(H,13,14)/t6-/m0/s1. The molecule has 0 amide bonds. The van der Waals surface area contributed by atoms with Gasteiger partial charge in [-0.2, -0.15) is 0 Å². The van der Waals surface area contributed by atoms with E-state index in [0.29, 0.717) is 0 Å². The van der Waals surface area contributed by atoms with Crippen molar-refractivity contribution in [3.8, 4) is 5.75 Å². The lowest BCUT2D eigenvalue weighted by Gasteiger charge is -2.10. The summed E-state index contributed by atoms with van der Waals surface area (Å²) in [6.07, 6.45) is 0. The maximum Gasteiger partial charge on any atom is 0.325 e. The zero-order valence-electron chi connectivity index (χ0n) is 7.07. The first-order chi connectivity index (χ1) is 6.43. The molecule has 0 saturated carbocycles. The highest BCUT2D eigenvalue weighted by atomic mass is 19.1. The van der Waals surface area contributed by atoms with E-state index in [1.54, 1.807) is 0 Å². The second kappa shape index (κ2) is 3.51. The van der Waals surface area contributed by atoms with Gasteiger partial charge in [-0.25, -0.2) is 4.39 Å². The van der Waals surface area contributed by atoms with E-state index in [0.717, 1.165) is 12.1 Å². The Kier molecular flexibility index (Phi) is 2.57. The molecule has 1 atom stereocenters. The first kappa shape index (κ1) is 10.3. The SMILES string of the molecule is Nc1cc(F)cc([C@H](N)C(=O)O)c1O. The Balaban J connectivity index is 3.26. The van der Waals surface area contributed by atoms with E-state index in [9.17, 15) is 14.3 Å². The van der Waals surface area contributed by atoms with Gasteiger partial charge in [-0.15, -0.1) is 0 Å². The molecular weight excluding hydrogens is 191 g/mol. The molecule has 0 aliphatic rings. The van der Waals surface area contributed by atoms with Crippen LogP contribution in [0.25, 0.3) is 0 Å². The lowest BCUT2D eigenvalue weighted by molar-refractivity contribution is -0.138. The zero-order valence-corrected chi connectivity index (χ0v) is 7.07. The van der Waals surface area contributed by atoms with Gasteiger partial charge in [-0.3, -0.25) is 4.79 Å². The second-order valence-electron chi connectivity index (χ2n) is 2.75. The Bertz CT molecular complexity index is 381. The molecule has 1 aromatic carbocycles. The first-order valence-corrected chi connectivity index (χ1v) is 3.69. The van der Waals surface area contributed by atoms with E-state index in [4.69, 9.17) is 16.6 Å². The van der Waals surface area contributed by atoms with Crippen molar-refractivity contribution in [2.75, 3.05) is 5.73 Å². The van der Waals surface area contributed by atoms with Gasteiger partial charge in [0.15, 0.2) is 0 Å². The van der Waals surface area contributed by atoms with Crippen molar-refractivity contribution in [3.63, 3.8) is 0 Å². The molecule has 1 rings (SSSR count). The normalized spacial score (nSPS) is 12.4. The van der Waals surface area contributed by atoms with Gasteiger partial charge in [0.2, 0.25) is 0 Å². The van der Waals surface area contributed by atoms with Crippen LogP contribution in [-0.2, 0) is 4.79 Å². The van der Waals surface area contributed by atoms with Gasteiger partial charge in [0, 0.05) is 11.6 Å². The maximum atomic E-state index is 12.8. The number of nitrogens with two attached hydrogens (primary N) is 2. The van der Waals surface area contributed by atoms with Crippen molar-refractivity contribution in [1.29, 1.82) is 0 Å². The van der Waals surface area contributed by atoms with Crippen LogP contribution in [-0.4, -0.2) is 16.2 Å². The van der Waals surface area contributed by atoms with Crippen LogP contribution in [0.1, 0.15) is 11.6 Å². The van der Waals surface area contributed by atoms with Crippen molar-refractivity contribution >= 4 is 11.7 Å². The largest absolute Gasteiger partial charge is 0.505 e. The van der Waals surface area contributed by atoms with Gasteiger partial charge in [-0.1, -0.05) is 0 Å². The van der Waals surface area contributed by atoms with Crippen molar-refractivity contribution in [2.45, 2.75) is 6.04 Å². The smallest absolute Gasteiger partial charge is 0.325 e. The summed E-state index contributed by atoms with van der Waals surface area (Å²) in [6.45, 7) is 0. The molecule has 0 saturated heterocycles. The monoisotopic (exact) mass is 200 g/mol. The minimum Gasteiger partial charge on any atom is -0.505 e. The van der Waals surface area contributed by atoms with Gasteiger partial charge >= 0.3 is 5.97 Å². The Morgan fingerprint density at radius 2 is 2.07 bits per heavy atom. The molecule has 0 aliphatic carbocycles. The molecule has 0 bridgehead atoms. The third-order valence-electron chi connectivity index (χ3n) is 1.73. The summed E-state index contributed by atoms with van der Waals surface area (Å²) in [4.78, 5) is 10.5. The fourth-order valence-corrected chi connectivity index (χ4v) is 1.01. The highest BCUT2D eigenvalue weighted by Crippen LogP contribution is 2.30. The number of carboxylic acid groups (broad SMARTS) is 1. The van der Waals surface area contributed by atoms with Crippen molar-refractivity contribution in [2.24, 2.45) is 5.73 Å². The Morgan fingerprint density at radius 3 is 2.57 bits per heavy atom. The molecule has 76 valence electrons. The number of hydrogen-bond acceptors (Lipinski definition) is 4. The van der Waals surface area contributed by atoms with E-state index >= 15 is 0 Å². The molecule has 0 aromatic heterocycles. The van der Waals surface area contributed by atoms with E-state index in [2.05, 4.69) is 0 Å². The van der Waals surface area contributed by atoms with Gasteiger partial charge < -0.3 is 21.7 Å². The molecule has 5 nitrogen and oxygen atoms in total. The van der Waals surface area contributed by atoms with Crippen molar-refractivity contribution in [3.05, 3.63) is 23.5 Å². The second-order valence-corrected chi connectivity index (χ2v) is 2.75. The lowest BCUT2D eigenvalue weighted by atomic mass is 10.1. The summed E-state index contributed by atoms with van der Waals surface area (Å²) in [5.41, 5.74) is 9.94. The number of phenols is 1.